The molecular weight excluding hydrogens is 229 g/mol. The van der Waals surface area contributed by atoms with E-state index in [0.29, 0.717) is 17.2 Å². The quantitative estimate of drug-likeness (QED) is 0.577. The van der Waals surface area contributed by atoms with Crippen LogP contribution in [-0.2, 0) is 5.66 Å². The van der Waals surface area contributed by atoms with Gasteiger partial charge in [0.25, 0.3) is 5.66 Å². The van der Waals surface area contributed by atoms with E-state index in [2.05, 4.69) is 0 Å². The molecule has 0 spiro atoms. The van der Waals surface area contributed by atoms with Gasteiger partial charge in [0.15, 0.2) is 0 Å². The second kappa shape index (κ2) is 3.91. The second-order valence-corrected chi connectivity index (χ2v) is 4.29. The van der Waals surface area contributed by atoms with Crippen LogP contribution < -0.4 is 0 Å². The predicted molar refractivity (Wildman–Crippen MR) is 62.9 cm³/mol. The van der Waals surface area contributed by atoms with Gasteiger partial charge in [-0.25, -0.2) is 0 Å². The summed E-state index contributed by atoms with van der Waals surface area (Å²) in [5.74, 6) is 0. The van der Waals surface area contributed by atoms with Gasteiger partial charge >= 0.3 is 0 Å². The van der Waals surface area contributed by atoms with Gasteiger partial charge in [-0.3, -0.25) is 4.79 Å². The molecule has 1 nitrogen and oxygen atoms in total. The molecule has 0 fully saturated rings. The topological polar surface area (TPSA) is 17.1 Å². The zero-order chi connectivity index (χ0) is 11.8. The minimum absolute atomic E-state index is 0.0759. The summed E-state index contributed by atoms with van der Waals surface area (Å²) in [6.07, 6.45) is 0.699. The largest absolute Gasteiger partial charge is 0.298 e. The van der Waals surface area contributed by atoms with Crippen molar-refractivity contribution >= 4 is 26.3 Å². The Kier molecular flexibility index (Phi) is 2.73. The SMILES string of the molecule is O=Cc1ccc2ccc(C(F)(F)P)cc2c1. The van der Waals surface area contributed by atoms with Gasteiger partial charge in [-0.05, 0) is 22.9 Å². The van der Waals surface area contributed by atoms with Gasteiger partial charge in [0.05, 0.1) is 0 Å². The monoisotopic (exact) mass is 238 g/mol. The fourth-order valence-electron chi connectivity index (χ4n) is 1.55. The molecule has 16 heavy (non-hydrogen) atoms. The zero-order valence-electron chi connectivity index (χ0n) is 8.28. The molecule has 0 N–H and O–H groups in total. The third-order valence-corrected chi connectivity index (χ3v) is 2.72. The number of rotatable bonds is 2. The average Bonchev–Trinajstić information content (AvgIpc) is 2.26. The summed E-state index contributed by atoms with van der Waals surface area (Å²) in [5, 5.41) is 1.48. The molecule has 2 aromatic rings. The fourth-order valence-corrected chi connectivity index (χ4v) is 1.73. The molecule has 0 saturated heterocycles. The van der Waals surface area contributed by atoms with Gasteiger partial charge in [-0.2, -0.15) is 8.78 Å². The fraction of sp³-hybridized carbons (Fsp3) is 0.0833. The first-order chi connectivity index (χ1) is 7.50. The van der Waals surface area contributed by atoms with Crippen molar-refractivity contribution in [2.24, 2.45) is 0 Å². The molecule has 2 aromatic carbocycles. The number of carbonyl (C=O) groups is 1. The van der Waals surface area contributed by atoms with E-state index >= 15 is 0 Å². The Hall–Kier alpha value is -1.34. The van der Waals surface area contributed by atoms with Crippen LogP contribution >= 0.6 is 9.24 Å². The number of hydrogen-bond acceptors (Lipinski definition) is 1. The highest BCUT2D eigenvalue weighted by Crippen LogP contribution is 2.36. The van der Waals surface area contributed by atoms with Crippen LogP contribution in [0.3, 0.4) is 0 Å². The highest BCUT2D eigenvalue weighted by atomic mass is 31.0. The number of aldehydes is 1. The number of carbonyl (C=O) groups excluding carboxylic acids is 1. The number of halogens is 2. The van der Waals surface area contributed by atoms with Crippen LogP contribution in [0.5, 0.6) is 0 Å². The Morgan fingerprint density at radius 1 is 1.06 bits per heavy atom. The van der Waals surface area contributed by atoms with E-state index < -0.39 is 5.66 Å². The summed E-state index contributed by atoms with van der Waals surface area (Å²) in [6.45, 7) is 0. The molecule has 0 heterocycles. The first-order valence-corrected chi connectivity index (χ1v) is 5.24. The average molecular weight is 238 g/mol. The molecular formula is C12H9F2OP. The smallest absolute Gasteiger partial charge is 0.283 e. The Morgan fingerprint density at radius 3 is 2.38 bits per heavy atom. The van der Waals surface area contributed by atoms with E-state index in [-0.39, 0.29) is 5.56 Å². The van der Waals surface area contributed by atoms with E-state index in [1.165, 1.54) is 21.4 Å². The maximum absolute atomic E-state index is 13.1. The molecule has 4 heteroatoms. The van der Waals surface area contributed by atoms with Gasteiger partial charge in [0.1, 0.15) is 6.29 Å². The Balaban J connectivity index is 2.64. The van der Waals surface area contributed by atoms with Crippen LogP contribution in [0.4, 0.5) is 8.78 Å². The van der Waals surface area contributed by atoms with E-state index in [4.69, 9.17) is 0 Å². The minimum atomic E-state index is -2.94. The van der Waals surface area contributed by atoms with Crippen molar-refractivity contribution in [1.29, 1.82) is 0 Å². The molecule has 0 radical (unpaired) electrons. The first kappa shape index (κ1) is 11.2. The van der Waals surface area contributed by atoms with Gasteiger partial charge in [-0.15, -0.1) is 0 Å². The molecule has 0 saturated carbocycles. The van der Waals surface area contributed by atoms with Gasteiger partial charge in [0.2, 0.25) is 0 Å². The highest BCUT2D eigenvalue weighted by molar-refractivity contribution is 7.17. The lowest BCUT2D eigenvalue weighted by molar-refractivity contribution is 0.104. The summed E-state index contributed by atoms with van der Waals surface area (Å²) >= 11 is 0. The van der Waals surface area contributed by atoms with Crippen LogP contribution in [0, 0.1) is 0 Å². The van der Waals surface area contributed by atoms with E-state index in [1.54, 1.807) is 24.3 Å². The van der Waals surface area contributed by atoms with Gasteiger partial charge < -0.3 is 0 Å². The molecule has 2 rings (SSSR count). The Bertz CT molecular complexity index is 546. The van der Waals surface area contributed by atoms with E-state index in [9.17, 15) is 13.6 Å². The maximum atomic E-state index is 13.1. The zero-order valence-corrected chi connectivity index (χ0v) is 9.44. The van der Waals surface area contributed by atoms with E-state index in [1.807, 2.05) is 0 Å². The molecule has 0 amide bonds. The lowest BCUT2D eigenvalue weighted by atomic mass is 10.0. The van der Waals surface area contributed by atoms with Crippen LogP contribution in [-0.4, -0.2) is 6.29 Å². The molecule has 0 aliphatic rings. The van der Waals surface area contributed by atoms with Crippen molar-refractivity contribution in [1.82, 2.24) is 0 Å². The molecule has 1 atom stereocenters. The maximum Gasteiger partial charge on any atom is 0.283 e. The number of hydrogen-bond donors (Lipinski definition) is 0. The summed E-state index contributed by atoms with van der Waals surface area (Å²) in [5.41, 5.74) is -2.53. The van der Waals surface area contributed by atoms with Crippen molar-refractivity contribution in [2.75, 3.05) is 0 Å². The van der Waals surface area contributed by atoms with E-state index in [0.717, 1.165) is 5.39 Å². The van der Waals surface area contributed by atoms with Gasteiger partial charge in [-0.1, -0.05) is 33.5 Å². The summed E-state index contributed by atoms with van der Waals surface area (Å²) in [6, 6.07) is 9.41. The lowest BCUT2D eigenvalue weighted by Gasteiger charge is -2.11. The summed E-state index contributed by atoms with van der Waals surface area (Å²) in [4.78, 5) is 10.6. The van der Waals surface area contributed by atoms with Crippen LogP contribution in [0.25, 0.3) is 10.8 Å². The van der Waals surface area contributed by atoms with Crippen molar-refractivity contribution in [3.8, 4) is 0 Å². The Morgan fingerprint density at radius 2 is 1.75 bits per heavy atom. The molecule has 1 unspecified atom stereocenters. The van der Waals surface area contributed by atoms with Crippen LogP contribution in [0.1, 0.15) is 15.9 Å². The highest BCUT2D eigenvalue weighted by Gasteiger charge is 2.24. The first-order valence-electron chi connectivity index (χ1n) is 4.67. The number of benzene rings is 2. The lowest BCUT2D eigenvalue weighted by Crippen LogP contribution is -2.01. The molecule has 0 aromatic heterocycles. The molecule has 0 aliphatic carbocycles. The summed E-state index contributed by atoms with van der Waals surface area (Å²) < 4.78 is 26.1. The number of fused-ring (bicyclic) bond motifs is 1. The normalized spacial score (nSPS) is 11.7. The minimum Gasteiger partial charge on any atom is -0.298 e. The third-order valence-electron chi connectivity index (χ3n) is 2.39. The van der Waals surface area contributed by atoms with Crippen molar-refractivity contribution in [3.63, 3.8) is 0 Å². The summed E-state index contributed by atoms with van der Waals surface area (Å²) in [7, 11) is 1.50. The molecule has 0 aliphatic heterocycles. The van der Waals surface area contributed by atoms with Crippen molar-refractivity contribution in [2.45, 2.75) is 5.66 Å². The third kappa shape index (κ3) is 2.10. The predicted octanol–water partition coefficient (Wildman–Crippen LogP) is 3.58. The molecule has 82 valence electrons. The Labute approximate surface area is 93.7 Å². The van der Waals surface area contributed by atoms with Gasteiger partial charge in [0, 0.05) is 11.1 Å². The van der Waals surface area contributed by atoms with Crippen LogP contribution in [0.2, 0.25) is 0 Å². The van der Waals surface area contributed by atoms with Crippen LogP contribution in [0.15, 0.2) is 36.4 Å². The number of alkyl halides is 2. The molecule has 0 bridgehead atoms. The van der Waals surface area contributed by atoms with Crippen molar-refractivity contribution < 1.29 is 13.6 Å². The standard InChI is InChI=1S/C12H9F2OP/c13-12(14,16)11-4-3-9-2-1-8(7-15)5-10(9)6-11/h1-7H,16H2. The van der Waals surface area contributed by atoms with Crippen molar-refractivity contribution in [3.05, 3.63) is 47.5 Å². The second-order valence-electron chi connectivity index (χ2n) is 3.56.